The first-order valence-corrected chi connectivity index (χ1v) is 14.8. The lowest BCUT2D eigenvalue weighted by Crippen LogP contribution is -2.29. The number of carboxylic acids is 1. The summed E-state index contributed by atoms with van der Waals surface area (Å²) in [5.41, 5.74) is 0.931. The Morgan fingerprint density at radius 1 is 1.16 bits per heavy atom. The lowest BCUT2D eigenvalue weighted by molar-refractivity contribution is -0.137. The van der Waals surface area contributed by atoms with E-state index in [0.29, 0.717) is 52.0 Å². The molecule has 1 fully saturated rings. The zero-order valence-electron chi connectivity index (χ0n) is 19.9. The van der Waals surface area contributed by atoms with E-state index in [1.54, 1.807) is 24.3 Å². The molecule has 202 valence electrons. The Balaban J connectivity index is 1.63. The molecule has 1 heterocycles. The van der Waals surface area contributed by atoms with Gasteiger partial charge in [-0.05, 0) is 61.4 Å². The van der Waals surface area contributed by atoms with Crippen molar-refractivity contribution >= 4 is 83.8 Å². The van der Waals surface area contributed by atoms with Crippen LogP contribution in [0.3, 0.4) is 0 Å². The van der Waals surface area contributed by atoms with Crippen LogP contribution in [0.1, 0.15) is 31.2 Å². The second kappa shape index (κ2) is 13.3. The van der Waals surface area contributed by atoms with Crippen molar-refractivity contribution in [2.75, 3.05) is 18.5 Å². The molecule has 3 rings (SSSR count). The third-order valence-electron chi connectivity index (χ3n) is 5.23. The van der Waals surface area contributed by atoms with Crippen LogP contribution in [-0.2, 0) is 24.4 Å². The van der Waals surface area contributed by atoms with Gasteiger partial charge in [-0.1, -0.05) is 46.3 Å². The number of thiocarbonyl (C=S) groups is 1. The minimum Gasteiger partial charge on any atom is -0.483 e. The quantitative estimate of drug-likeness (QED) is 0.177. The molecule has 0 radical (unpaired) electrons. The van der Waals surface area contributed by atoms with Gasteiger partial charge in [0.1, 0.15) is 10.1 Å². The summed E-state index contributed by atoms with van der Waals surface area (Å²) in [6.45, 7) is 0.0680. The standard InChI is InChI=1S/C24H24BrN3O7S3/c25-16-5-10-19(35-14-21(29)27-17-6-8-18(9-7-17)38(26,33)34)15(12-16)13-20-23(32)28(24(36)37-20)11-3-1-2-4-22(30)31/h5-10,12-13H,1-4,11,14H2,(H,27,29)(H,30,31)(H2,26,33,34)/b20-13-. The Kier molecular flexibility index (Phi) is 10.4. The number of anilines is 1. The second-order valence-electron chi connectivity index (χ2n) is 8.13. The molecule has 4 N–H and O–H groups in total. The number of rotatable bonds is 12. The fourth-order valence-corrected chi connectivity index (χ4v) is 5.58. The van der Waals surface area contributed by atoms with Crippen LogP contribution in [-0.4, -0.2) is 53.7 Å². The van der Waals surface area contributed by atoms with E-state index in [1.807, 2.05) is 0 Å². The molecule has 0 atom stereocenters. The Morgan fingerprint density at radius 3 is 2.53 bits per heavy atom. The van der Waals surface area contributed by atoms with Gasteiger partial charge in [0.05, 0.1) is 9.80 Å². The van der Waals surface area contributed by atoms with Crippen molar-refractivity contribution in [3.63, 3.8) is 0 Å². The third-order valence-corrected chi connectivity index (χ3v) is 8.03. The van der Waals surface area contributed by atoms with E-state index >= 15 is 0 Å². The summed E-state index contributed by atoms with van der Waals surface area (Å²) in [5.74, 6) is -1.20. The molecule has 10 nitrogen and oxygen atoms in total. The van der Waals surface area contributed by atoms with Gasteiger partial charge in [-0.25, -0.2) is 13.6 Å². The summed E-state index contributed by atoms with van der Waals surface area (Å²) in [6, 6.07) is 10.5. The molecular formula is C24H24BrN3O7S3. The number of hydrogen-bond donors (Lipinski definition) is 3. The van der Waals surface area contributed by atoms with Crippen LogP contribution in [0.5, 0.6) is 5.75 Å². The average Bonchev–Trinajstić information content (AvgIpc) is 3.10. The summed E-state index contributed by atoms with van der Waals surface area (Å²) in [7, 11) is -3.84. The zero-order valence-corrected chi connectivity index (χ0v) is 23.9. The number of nitrogens with zero attached hydrogens (tertiary/aromatic N) is 1. The van der Waals surface area contributed by atoms with E-state index in [-0.39, 0.29) is 23.8 Å². The SMILES string of the molecule is NS(=O)(=O)c1ccc(NC(=O)COc2ccc(Br)cc2/C=C2\SC(=S)N(CCCCCC(=O)O)C2=O)cc1. The fourth-order valence-electron chi connectivity index (χ4n) is 3.39. The van der Waals surface area contributed by atoms with E-state index in [1.165, 1.54) is 29.2 Å². The molecule has 0 unspecified atom stereocenters. The van der Waals surface area contributed by atoms with Crippen LogP contribution < -0.4 is 15.2 Å². The Bertz CT molecular complexity index is 1380. The highest BCUT2D eigenvalue weighted by Crippen LogP contribution is 2.35. The number of aliphatic carboxylic acids is 1. The van der Waals surface area contributed by atoms with Crippen molar-refractivity contribution in [2.24, 2.45) is 5.14 Å². The number of carbonyl (C=O) groups is 3. The molecule has 1 aliphatic rings. The van der Waals surface area contributed by atoms with Gasteiger partial charge in [0.25, 0.3) is 11.8 Å². The molecule has 14 heteroatoms. The predicted octanol–water partition coefficient (Wildman–Crippen LogP) is 3.96. The van der Waals surface area contributed by atoms with Gasteiger partial charge >= 0.3 is 5.97 Å². The molecular weight excluding hydrogens is 618 g/mol. The van der Waals surface area contributed by atoms with Gasteiger partial charge in [0, 0.05) is 28.7 Å². The number of unbranched alkanes of at least 4 members (excludes halogenated alkanes) is 2. The van der Waals surface area contributed by atoms with Crippen molar-refractivity contribution in [2.45, 2.75) is 30.6 Å². The molecule has 38 heavy (non-hydrogen) atoms. The number of carboxylic acid groups (broad SMARTS) is 1. The van der Waals surface area contributed by atoms with Crippen LogP contribution in [0, 0.1) is 0 Å². The van der Waals surface area contributed by atoms with Crippen LogP contribution >= 0.6 is 39.9 Å². The largest absolute Gasteiger partial charge is 0.483 e. The van der Waals surface area contributed by atoms with Gasteiger partial charge in [-0.15, -0.1) is 0 Å². The van der Waals surface area contributed by atoms with E-state index in [9.17, 15) is 22.8 Å². The maximum absolute atomic E-state index is 12.9. The molecule has 0 aliphatic carbocycles. The zero-order chi connectivity index (χ0) is 27.9. The number of halogens is 1. The molecule has 2 aromatic carbocycles. The molecule has 0 saturated carbocycles. The van der Waals surface area contributed by atoms with Crippen molar-refractivity contribution < 1.29 is 32.6 Å². The van der Waals surface area contributed by atoms with E-state index in [2.05, 4.69) is 21.2 Å². The molecule has 1 aliphatic heterocycles. The maximum Gasteiger partial charge on any atom is 0.303 e. The maximum atomic E-state index is 12.9. The lowest BCUT2D eigenvalue weighted by Gasteiger charge is -2.14. The topological polar surface area (TPSA) is 156 Å². The summed E-state index contributed by atoms with van der Waals surface area (Å²) >= 11 is 9.93. The number of thioether (sulfide) groups is 1. The van der Waals surface area contributed by atoms with Gasteiger partial charge < -0.3 is 15.2 Å². The molecule has 0 spiro atoms. The molecule has 0 bridgehead atoms. The predicted molar refractivity (Wildman–Crippen MR) is 152 cm³/mol. The van der Waals surface area contributed by atoms with E-state index in [0.717, 1.165) is 16.2 Å². The van der Waals surface area contributed by atoms with Gasteiger partial charge in [0.2, 0.25) is 10.0 Å². The van der Waals surface area contributed by atoms with Gasteiger partial charge in [-0.3, -0.25) is 19.3 Å². The number of hydrogen-bond acceptors (Lipinski definition) is 8. The summed E-state index contributed by atoms with van der Waals surface area (Å²) < 4.78 is 29.6. The molecule has 1 saturated heterocycles. The lowest BCUT2D eigenvalue weighted by atomic mass is 10.1. The number of sulfonamides is 1. The number of carbonyl (C=O) groups excluding carboxylic acids is 2. The number of ether oxygens (including phenoxy) is 1. The summed E-state index contributed by atoms with van der Waals surface area (Å²) in [6.07, 6.45) is 3.58. The van der Waals surface area contributed by atoms with Crippen LogP contribution in [0.4, 0.5) is 5.69 Å². The monoisotopic (exact) mass is 641 g/mol. The van der Waals surface area contributed by atoms with E-state index < -0.39 is 21.9 Å². The Labute approximate surface area is 237 Å². The number of benzene rings is 2. The normalized spacial score (nSPS) is 14.7. The van der Waals surface area contributed by atoms with Gasteiger partial charge in [0.15, 0.2) is 6.61 Å². The van der Waals surface area contributed by atoms with Gasteiger partial charge in [-0.2, -0.15) is 0 Å². The summed E-state index contributed by atoms with van der Waals surface area (Å²) in [5, 5.41) is 16.4. The van der Waals surface area contributed by atoms with E-state index in [4.69, 9.17) is 27.2 Å². The minimum atomic E-state index is -3.84. The average molecular weight is 643 g/mol. The first-order valence-electron chi connectivity index (χ1n) is 11.3. The highest BCUT2D eigenvalue weighted by atomic mass is 79.9. The molecule has 2 aromatic rings. The van der Waals surface area contributed by atoms with Crippen molar-refractivity contribution in [3.05, 3.63) is 57.4 Å². The highest BCUT2D eigenvalue weighted by molar-refractivity contribution is 9.10. The second-order valence-corrected chi connectivity index (χ2v) is 12.3. The van der Waals surface area contributed by atoms with Crippen LogP contribution in [0.15, 0.2) is 56.7 Å². The summed E-state index contributed by atoms with van der Waals surface area (Å²) in [4.78, 5) is 37.8. The minimum absolute atomic E-state index is 0.0742. The van der Waals surface area contributed by atoms with Crippen molar-refractivity contribution in [1.82, 2.24) is 4.90 Å². The Hall–Kier alpha value is -2.78. The molecule has 2 amide bonds. The van der Waals surface area contributed by atoms with Crippen LogP contribution in [0.25, 0.3) is 6.08 Å². The molecule has 0 aromatic heterocycles. The third kappa shape index (κ3) is 8.63. The Morgan fingerprint density at radius 2 is 1.87 bits per heavy atom. The smallest absolute Gasteiger partial charge is 0.303 e. The first kappa shape index (κ1) is 29.8. The fraction of sp³-hybridized carbons (Fsp3) is 0.250. The number of nitrogens with one attached hydrogen (secondary N) is 1. The van der Waals surface area contributed by atoms with Crippen molar-refractivity contribution in [1.29, 1.82) is 0 Å². The van der Waals surface area contributed by atoms with Crippen LogP contribution in [0.2, 0.25) is 0 Å². The first-order chi connectivity index (χ1) is 17.9. The number of amides is 2. The number of nitrogens with two attached hydrogens (primary N) is 1. The highest BCUT2D eigenvalue weighted by Gasteiger charge is 2.31. The number of primary sulfonamides is 1. The van der Waals surface area contributed by atoms with Crippen molar-refractivity contribution in [3.8, 4) is 5.75 Å².